The third-order valence-electron chi connectivity index (χ3n) is 1.62. The van der Waals surface area contributed by atoms with Crippen molar-refractivity contribution in [2.24, 2.45) is 0 Å². The van der Waals surface area contributed by atoms with Crippen molar-refractivity contribution in [3.63, 3.8) is 0 Å². The van der Waals surface area contributed by atoms with Crippen LogP contribution in [0.15, 0.2) is 21.5 Å². The number of sulfone groups is 1. The van der Waals surface area contributed by atoms with E-state index >= 15 is 0 Å². The summed E-state index contributed by atoms with van der Waals surface area (Å²) in [5.41, 5.74) is 0.538. The molecule has 0 heterocycles. The summed E-state index contributed by atoms with van der Waals surface area (Å²) in [5, 5.41) is 0. The highest BCUT2D eigenvalue weighted by atomic mass is 79.9. The van der Waals surface area contributed by atoms with E-state index in [0.29, 0.717) is 5.56 Å². The molecule has 0 atom stereocenters. The molecule has 0 spiro atoms. The summed E-state index contributed by atoms with van der Waals surface area (Å²) in [4.78, 5) is 0.0354. The van der Waals surface area contributed by atoms with Crippen LogP contribution in [0.25, 0.3) is 0 Å². The molecule has 0 N–H and O–H groups in total. The van der Waals surface area contributed by atoms with Gasteiger partial charge in [0.1, 0.15) is 5.82 Å². The minimum atomic E-state index is -3.33. The van der Waals surface area contributed by atoms with Gasteiger partial charge >= 0.3 is 0 Å². The topological polar surface area (TPSA) is 34.1 Å². The maximum Gasteiger partial charge on any atom is 0.175 e. The summed E-state index contributed by atoms with van der Waals surface area (Å²) in [6.45, 7) is 1.63. The first-order valence-corrected chi connectivity index (χ1v) is 6.16. The SMILES string of the molecule is Cc1cc(Br)c(F)cc1S(C)(=O)=O. The highest BCUT2D eigenvalue weighted by molar-refractivity contribution is 9.10. The van der Waals surface area contributed by atoms with E-state index in [1.807, 2.05) is 0 Å². The molecule has 1 aromatic rings. The minimum absolute atomic E-state index is 0.0354. The van der Waals surface area contributed by atoms with E-state index in [9.17, 15) is 12.8 Å². The van der Waals surface area contributed by atoms with E-state index < -0.39 is 15.7 Å². The summed E-state index contributed by atoms with van der Waals surface area (Å²) in [7, 11) is -3.33. The molecule has 0 fully saturated rings. The van der Waals surface area contributed by atoms with Gasteiger partial charge in [-0.1, -0.05) is 0 Å². The van der Waals surface area contributed by atoms with E-state index in [2.05, 4.69) is 15.9 Å². The molecule has 5 heteroatoms. The lowest BCUT2D eigenvalue weighted by Crippen LogP contribution is -2.01. The summed E-state index contributed by atoms with van der Waals surface area (Å²) < 4.78 is 35.5. The fraction of sp³-hybridized carbons (Fsp3) is 0.250. The van der Waals surface area contributed by atoms with Crippen LogP contribution in [0.5, 0.6) is 0 Å². The third kappa shape index (κ3) is 2.28. The molecule has 0 aromatic heterocycles. The number of benzene rings is 1. The molecule has 13 heavy (non-hydrogen) atoms. The molecule has 72 valence electrons. The second-order valence-electron chi connectivity index (χ2n) is 2.80. The second kappa shape index (κ2) is 3.38. The van der Waals surface area contributed by atoms with Crippen molar-refractivity contribution in [1.82, 2.24) is 0 Å². The summed E-state index contributed by atoms with van der Waals surface area (Å²) in [6, 6.07) is 2.47. The van der Waals surface area contributed by atoms with Crippen LogP contribution >= 0.6 is 15.9 Å². The number of rotatable bonds is 1. The Morgan fingerprint density at radius 2 is 1.92 bits per heavy atom. The first-order chi connectivity index (χ1) is 5.82. The zero-order valence-corrected chi connectivity index (χ0v) is 9.54. The maximum absolute atomic E-state index is 13.0. The molecule has 2 nitrogen and oxygen atoms in total. The summed E-state index contributed by atoms with van der Waals surface area (Å²) in [5.74, 6) is -0.564. The number of hydrogen-bond donors (Lipinski definition) is 0. The molecule has 0 saturated heterocycles. The zero-order chi connectivity index (χ0) is 10.2. The normalized spacial score (nSPS) is 11.7. The molecule has 0 aliphatic heterocycles. The predicted octanol–water partition coefficient (Wildman–Crippen LogP) is 2.30. The van der Waals surface area contributed by atoms with Gasteiger partial charge < -0.3 is 0 Å². The molecule has 0 saturated carbocycles. The fourth-order valence-electron chi connectivity index (χ4n) is 1.03. The van der Waals surface area contributed by atoms with Crippen LogP contribution in [0, 0.1) is 12.7 Å². The van der Waals surface area contributed by atoms with Crippen molar-refractivity contribution in [1.29, 1.82) is 0 Å². The second-order valence-corrected chi connectivity index (χ2v) is 5.64. The highest BCUT2D eigenvalue weighted by Crippen LogP contribution is 2.23. The van der Waals surface area contributed by atoms with Gasteiger partial charge in [-0.3, -0.25) is 0 Å². The van der Waals surface area contributed by atoms with E-state index in [-0.39, 0.29) is 9.37 Å². The van der Waals surface area contributed by atoms with Crippen molar-refractivity contribution in [2.75, 3.05) is 6.26 Å². The van der Waals surface area contributed by atoms with Crippen LogP contribution in [0.2, 0.25) is 0 Å². The number of aryl methyl sites for hydroxylation is 1. The molecule has 0 bridgehead atoms. The molecule has 1 aromatic carbocycles. The quantitative estimate of drug-likeness (QED) is 0.782. The van der Waals surface area contributed by atoms with Gasteiger partial charge in [-0.05, 0) is 40.5 Å². The summed E-state index contributed by atoms with van der Waals surface area (Å²) >= 11 is 2.98. The lowest BCUT2D eigenvalue weighted by Gasteiger charge is -2.04. The lowest BCUT2D eigenvalue weighted by atomic mass is 10.2. The minimum Gasteiger partial charge on any atom is -0.224 e. The Bertz CT molecular complexity index is 440. The van der Waals surface area contributed by atoms with E-state index in [4.69, 9.17) is 0 Å². The van der Waals surface area contributed by atoms with Crippen LogP contribution < -0.4 is 0 Å². The lowest BCUT2D eigenvalue weighted by molar-refractivity contribution is 0.593. The predicted molar refractivity (Wildman–Crippen MR) is 51.9 cm³/mol. The van der Waals surface area contributed by atoms with Gasteiger partial charge in [-0.2, -0.15) is 0 Å². The molecule has 0 amide bonds. The van der Waals surface area contributed by atoms with Crippen molar-refractivity contribution < 1.29 is 12.8 Å². The van der Waals surface area contributed by atoms with Crippen LogP contribution in [0.4, 0.5) is 4.39 Å². The van der Waals surface area contributed by atoms with E-state index in [1.165, 1.54) is 6.07 Å². The Balaban J connectivity index is 3.50. The van der Waals surface area contributed by atoms with Crippen LogP contribution in [-0.2, 0) is 9.84 Å². The monoisotopic (exact) mass is 266 g/mol. The first-order valence-electron chi connectivity index (χ1n) is 3.48. The average molecular weight is 267 g/mol. The van der Waals surface area contributed by atoms with Crippen LogP contribution in [0.1, 0.15) is 5.56 Å². The van der Waals surface area contributed by atoms with Gasteiger partial charge in [-0.25, -0.2) is 12.8 Å². The van der Waals surface area contributed by atoms with Crippen molar-refractivity contribution in [3.05, 3.63) is 28.0 Å². The van der Waals surface area contributed by atoms with Gasteiger partial charge in [0.05, 0.1) is 9.37 Å². The number of halogens is 2. The van der Waals surface area contributed by atoms with Gasteiger partial charge in [0, 0.05) is 6.26 Å². The molecule has 0 aliphatic carbocycles. The zero-order valence-electron chi connectivity index (χ0n) is 7.14. The van der Waals surface area contributed by atoms with Crippen LogP contribution in [0.3, 0.4) is 0 Å². The highest BCUT2D eigenvalue weighted by Gasteiger charge is 2.13. The molecule has 1 rings (SSSR count). The smallest absolute Gasteiger partial charge is 0.175 e. The Morgan fingerprint density at radius 3 is 2.38 bits per heavy atom. The fourth-order valence-corrected chi connectivity index (χ4v) is 2.45. The van der Waals surface area contributed by atoms with Gasteiger partial charge in [0.2, 0.25) is 0 Å². The molecular weight excluding hydrogens is 259 g/mol. The Hall–Kier alpha value is -0.420. The van der Waals surface area contributed by atoms with E-state index in [0.717, 1.165) is 12.3 Å². The van der Waals surface area contributed by atoms with Crippen molar-refractivity contribution >= 4 is 25.8 Å². The molecular formula is C8H8BrFO2S. The maximum atomic E-state index is 13.0. The van der Waals surface area contributed by atoms with E-state index in [1.54, 1.807) is 6.92 Å². The van der Waals surface area contributed by atoms with Crippen molar-refractivity contribution in [2.45, 2.75) is 11.8 Å². The van der Waals surface area contributed by atoms with Gasteiger partial charge in [0.25, 0.3) is 0 Å². The van der Waals surface area contributed by atoms with Gasteiger partial charge in [-0.15, -0.1) is 0 Å². The average Bonchev–Trinajstić information content (AvgIpc) is 1.94. The largest absolute Gasteiger partial charge is 0.224 e. The van der Waals surface area contributed by atoms with Crippen molar-refractivity contribution in [3.8, 4) is 0 Å². The standard InChI is InChI=1S/C8H8BrFO2S/c1-5-3-6(9)7(10)4-8(5)13(2,11)12/h3-4H,1-2H3. The number of hydrogen-bond acceptors (Lipinski definition) is 2. The first kappa shape index (κ1) is 10.7. The van der Waals surface area contributed by atoms with Gasteiger partial charge in [0.15, 0.2) is 9.84 Å². The molecule has 0 unspecified atom stereocenters. The van der Waals surface area contributed by atoms with Crippen LogP contribution in [-0.4, -0.2) is 14.7 Å². The molecule has 0 radical (unpaired) electrons. The third-order valence-corrected chi connectivity index (χ3v) is 3.46. The summed E-state index contributed by atoms with van der Waals surface area (Å²) in [6.07, 6.45) is 1.06. The Labute approximate surface area is 84.8 Å². The Kier molecular flexibility index (Phi) is 2.77. The Morgan fingerprint density at radius 1 is 1.38 bits per heavy atom. The molecule has 0 aliphatic rings.